The lowest BCUT2D eigenvalue weighted by atomic mass is 10.1. The molecule has 3 aromatic heterocycles. The first-order valence-corrected chi connectivity index (χ1v) is 12.7. The fourth-order valence-corrected chi connectivity index (χ4v) is 4.76. The molecule has 9 heteroatoms. The van der Waals surface area contributed by atoms with Gasteiger partial charge in [0.2, 0.25) is 11.8 Å². The normalized spacial score (nSPS) is 11.9. The molecule has 0 unspecified atom stereocenters. The van der Waals surface area contributed by atoms with Crippen LogP contribution in [-0.4, -0.2) is 38.8 Å². The number of rotatable bonds is 11. The largest absolute Gasteiger partial charge is 0.359 e. The molecule has 0 aliphatic rings. The zero-order valence-electron chi connectivity index (χ0n) is 20.0. The lowest BCUT2D eigenvalue weighted by molar-refractivity contribution is -0.121. The number of aryl methyl sites for hydroxylation is 1. The molecule has 4 aromatic rings. The van der Waals surface area contributed by atoms with E-state index in [1.807, 2.05) is 30.8 Å². The number of nitrogens with one attached hydrogen (secondary N) is 3. The van der Waals surface area contributed by atoms with Gasteiger partial charge in [0.25, 0.3) is 0 Å². The van der Waals surface area contributed by atoms with E-state index in [0.29, 0.717) is 6.42 Å². The predicted octanol–water partition coefficient (Wildman–Crippen LogP) is 4.49. The van der Waals surface area contributed by atoms with E-state index in [-0.39, 0.29) is 24.3 Å². The number of hydrogen-bond donors (Lipinski definition) is 3. The topological polar surface area (TPSA) is 113 Å². The maximum absolute atomic E-state index is 12.8. The number of H-pyrrole nitrogens is 1. The van der Waals surface area contributed by atoms with Crippen LogP contribution in [0.3, 0.4) is 0 Å². The number of unbranched alkanes of at least 4 members (excludes halogenated alkanes) is 2. The zero-order chi connectivity index (χ0) is 24.6. The van der Waals surface area contributed by atoms with Crippen molar-refractivity contribution >= 4 is 33.9 Å². The third-order valence-electron chi connectivity index (χ3n) is 5.87. The molecular formula is C26H30N6O2S. The molecule has 182 valence electrons. The number of imidazole rings is 1. The van der Waals surface area contributed by atoms with Gasteiger partial charge in [0, 0.05) is 47.9 Å². The van der Waals surface area contributed by atoms with Crippen LogP contribution in [0.25, 0.3) is 22.0 Å². The van der Waals surface area contributed by atoms with Crippen LogP contribution in [0.4, 0.5) is 0 Å². The summed E-state index contributed by atoms with van der Waals surface area (Å²) in [5.74, 6) is 0.695. The second-order valence-electron chi connectivity index (χ2n) is 8.57. The molecule has 1 aromatic carbocycles. The Hall–Kier alpha value is -3.59. The van der Waals surface area contributed by atoms with Crippen molar-refractivity contribution in [3.05, 3.63) is 64.8 Å². The van der Waals surface area contributed by atoms with Gasteiger partial charge in [-0.1, -0.05) is 25.0 Å². The molecule has 4 rings (SSSR count). The molecule has 0 radical (unpaired) electrons. The molecule has 0 saturated carbocycles. The van der Waals surface area contributed by atoms with E-state index in [0.717, 1.165) is 64.2 Å². The van der Waals surface area contributed by atoms with Crippen molar-refractivity contribution < 1.29 is 9.59 Å². The smallest absolute Gasteiger partial charge is 0.227 e. The molecule has 3 heterocycles. The molecular weight excluding hydrogens is 460 g/mol. The highest BCUT2D eigenvalue weighted by Gasteiger charge is 2.19. The molecule has 0 aliphatic carbocycles. The standard InChI is InChI=1S/C26H30N6O2S/c1-17-16-35-25(30-17)13-24(34)31-21(6-4-3-5-7-23(33)27-2)26-29-15-22(32-26)19-9-8-18-10-11-28-14-20(18)12-19/h8-12,14-16,21H,3-7,13H2,1-2H3,(H,27,33)(H,29,32)(H,31,34)/t21-/m0/s1. The first-order valence-electron chi connectivity index (χ1n) is 11.8. The summed E-state index contributed by atoms with van der Waals surface area (Å²) < 4.78 is 0. The number of benzene rings is 1. The number of pyridine rings is 1. The third-order valence-corrected chi connectivity index (χ3v) is 6.83. The van der Waals surface area contributed by atoms with Crippen molar-refractivity contribution in [2.75, 3.05) is 7.05 Å². The van der Waals surface area contributed by atoms with Crippen LogP contribution in [0.5, 0.6) is 0 Å². The van der Waals surface area contributed by atoms with Gasteiger partial charge in [-0.05, 0) is 37.3 Å². The molecule has 0 fully saturated rings. The van der Waals surface area contributed by atoms with Crippen LogP contribution in [-0.2, 0) is 16.0 Å². The predicted molar refractivity (Wildman–Crippen MR) is 138 cm³/mol. The Morgan fingerprint density at radius 3 is 2.77 bits per heavy atom. The molecule has 3 N–H and O–H groups in total. The summed E-state index contributed by atoms with van der Waals surface area (Å²) in [7, 11) is 1.65. The number of carbonyl (C=O) groups is 2. The molecule has 8 nitrogen and oxygen atoms in total. The number of carbonyl (C=O) groups excluding carboxylic acids is 2. The minimum absolute atomic E-state index is 0.0508. The number of thiazole rings is 1. The lowest BCUT2D eigenvalue weighted by Crippen LogP contribution is -2.30. The zero-order valence-corrected chi connectivity index (χ0v) is 20.8. The number of hydrogen-bond acceptors (Lipinski definition) is 6. The Balaban J connectivity index is 1.46. The van der Waals surface area contributed by atoms with E-state index < -0.39 is 0 Å². The van der Waals surface area contributed by atoms with E-state index in [4.69, 9.17) is 0 Å². The van der Waals surface area contributed by atoms with Crippen LogP contribution >= 0.6 is 11.3 Å². The maximum atomic E-state index is 12.8. The van der Waals surface area contributed by atoms with Crippen LogP contribution in [0.1, 0.15) is 54.7 Å². The highest BCUT2D eigenvalue weighted by molar-refractivity contribution is 7.09. The Kier molecular flexibility index (Phi) is 8.20. The number of aromatic amines is 1. The van der Waals surface area contributed by atoms with Gasteiger partial charge in [0.15, 0.2) is 0 Å². The Morgan fingerprint density at radius 2 is 1.97 bits per heavy atom. The van der Waals surface area contributed by atoms with Crippen molar-refractivity contribution in [3.8, 4) is 11.3 Å². The van der Waals surface area contributed by atoms with E-state index in [9.17, 15) is 9.59 Å². The summed E-state index contributed by atoms with van der Waals surface area (Å²) in [5, 5.41) is 10.7. The number of nitrogens with zero attached hydrogens (tertiary/aromatic N) is 3. The van der Waals surface area contributed by atoms with Gasteiger partial charge >= 0.3 is 0 Å². The van der Waals surface area contributed by atoms with Gasteiger partial charge in [0.1, 0.15) is 10.8 Å². The van der Waals surface area contributed by atoms with Crippen molar-refractivity contribution in [2.45, 2.75) is 51.5 Å². The summed E-state index contributed by atoms with van der Waals surface area (Å²) in [6.07, 6.45) is 9.51. The van der Waals surface area contributed by atoms with Gasteiger partial charge in [0.05, 0.1) is 24.4 Å². The highest BCUT2D eigenvalue weighted by atomic mass is 32.1. The van der Waals surface area contributed by atoms with Crippen LogP contribution in [0.15, 0.2) is 48.2 Å². The molecule has 0 aliphatic heterocycles. The summed E-state index contributed by atoms with van der Waals surface area (Å²) in [5.41, 5.74) is 2.82. The minimum atomic E-state index is -0.251. The Bertz CT molecular complexity index is 1300. The Labute approximate surface area is 208 Å². The first-order chi connectivity index (χ1) is 17.0. The van der Waals surface area contributed by atoms with Crippen molar-refractivity contribution in [1.82, 2.24) is 30.6 Å². The van der Waals surface area contributed by atoms with Crippen LogP contribution in [0, 0.1) is 6.92 Å². The van der Waals surface area contributed by atoms with Crippen molar-refractivity contribution in [3.63, 3.8) is 0 Å². The average Bonchev–Trinajstić information content (AvgIpc) is 3.52. The van der Waals surface area contributed by atoms with Gasteiger partial charge in [-0.3, -0.25) is 14.6 Å². The van der Waals surface area contributed by atoms with E-state index in [2.05, 4.69) is 48.8 Å². The lowest BCUT2D eigenvalue weighted by Gasteiger charge is -2.16. The fourth-order valence-electron chi connectivity index (χ4n) is 3.99. The van der Waals surface area contributed by atoms with Gasteiger partial charge in [-0.25, -0.2) is 9.97 Å². The summed E-state index contributed by atoms with van der Waals surface area (Å²) in [4.78, 5) is 40.9. The quantitative estimate of drug-likeness (QED) is 0.268. The molecule has 2 amide bonds. The third kappa shape index (κ3) is 6.73. The number of amides is 2. The fraction of sp³-hybridized carbons (Fsp3) is 0.346. The van der Waals surface area contributed by atoms with Gasteiger partial charge < -0.3 is 15.6 Å². The van der Waals surface area contributed by atoms with Crippen LogP contribution < -0.4 is 10.6 Å². The van der Waals surface area contributed by atoms with E-state index in [1.165, 1.54) is 11.3 Å². The summed E-state index contributed by atoms with van der Waals surface area (Å²) in [6, 6.07) is 7.93. The molecule has 0 bridgehead atoms. The number of aromatic nitrogens is 4. The van der Waals surface area contributed by atoms with Crippen LogP contribution in [0.2, 0.25) is 0 Å². The minimum Gasteiger partial charge on any atom is -0.359 e. The highest BCUT2D eigenvalue weighted by Crippen LogP contribution is 2.25. The van der Waals surface area contributed by atoms with Gasteiger partial charge in [-0.15, -0.1) is 11.3 Å². The SMILES string of the molecule is CNC(=O)CCCCC[C@H](NC(=O)Cc1nc(C)cs1)c1ncc(-c2ccc3ccncc3c2)[nH]1. The Morgan fingerprint density at radius 1 is 1.09 bits per heavy atom. The number of fused-ring (bicyclic) bond motifs is 1. The van der Waals surface area contributed by atoms with E-state index in [1.54, 1.807) is 13.2 Å². The van der Waals surface area contributed by atoms with Crippen molar-refractivity contribution in [1.29, 1.82) is 0 Å². The molecule has 35 heavy (non-hydrogen) atoms. The average molecular weight is 491 g/mol. The molecule has 0 saturated heterocycles. The van der Waals surface area contributed by atoms with Crippen molar-refractivity contribution in [2.24, 2.45) is 0 Å². The van der Waals surface area contributed by atoms with Gasteiger partial charge in [-0.2, -0.15) is 0 Å². The first kappa shape index (κ1) is 24.5. The summed E-state index contributed by atoms with van der Waals surface area (Å²) in [6.45, 7) is 1.92. The monoisotopic (exact) mass is 490 g/mol. The maximum Gasteiger partial charge on any atom is 0.227 e. The summed E-state index contributed by atoms with van der Waals surface area (Å²) >= 11 is 1.49. The second-order valence-corrected chi connectivity index (χ2v) is 9.51. The second kappa shape index (κ2) is 11.7. The molecule has 0 spiro atoms. The van der Waals surface area contributed by atoms with E-state index >= 15 is 0 Å². The molecule has 1 atom stereocenters.